The fourth-order valence-corrected chi connectivity index (χ4v) is 1.89. The maximum absolute atomic E-state index is 4.55. The zero-order chi connectivity index (χ0) is 12.3. The lowest BCUT2D eigenvalue weighted by molar-refractivity contribution is 0.312. The van der Waals surface area contributed by atoms with Crippen molar-refractivity contribution in [1.82, 2.24) is 14.9 Å². The zero-order valence-corrected chi connectivity index (χ0v) is 10.8. The van der Waals surface area contributed by atoms with Gasteiger partial charge in [-0.3, -0.25) is 0 Å². The monoisotopic (exact) mass is 235 g/mol. The molecule has 0 amide bonds. The smallest absolute Gasteiger partial charge is 0.224 e. The van der Waals surface area contributed by atoms with E-state index in [1.54, 1.807) is 0 Å². The summed E-state index contributed by atoms with van der Waals surface area (Å²) in [5, 5.41) is 3.23. The van der Waals surface area contributed by atoms with E-state index in [9.17, 15) is 0 Å². The Bertz CT molecular complexity index is 358. The summed E-state index contributed by atoms with van der Waals surface area (Å²) in [7, 11) is 2.16. The van der Waals surface area contributed by atoms with Crippen LogP contribution < -0.4 is 10.2 Å². The van der Waals surface area contributed by atoms with Crippen LogP contribution in [0.3, 0.4) is 0 Å². The van der Waals surface area contributed by atoms with Gasteiger partial charge in [0.15, 0.2) is 0 Å². The highest BCUT2D eigenvalue weighted by Gasteiger charge is 2.15. The maximum atomic E-state index is 4.55. The van der Waals surface area contributed by atoms with E-state index in [4.69, 9.17) is 0 Å². The van der Waals surface area contributed by atoms with E-state index < -0.39 is 0 Å². The third-order valence-electron chi connectivity index (χ3n) is 2.89. The van der Waals surface area contributed by atoms with Crippen molar-refractivity contribution in [1.29, 1.82) is 0 Å². The molecule has 1 aliphatic rings. The molecule has 1 aromatic heterocycles. The number of rotatable bonds is 3. The van der Waals surface area contributed by atoms with Gasteiger partial charge in [0.25, 0.3) is 0 Å². The molecule has 0 radical (unpaired) electrons. The van der Waals surface area contributed by atoms with Gasteiger partial charge in [0.2, 0.25) is 5.95 Å². The summed E-state index contributed by atoms with van der Waals surface area (Å²) in [5.41, 5.74) is 0. The fraction of sp³-hybridized carbons (Fsp3) is 0.667. The average Bonchev–Trinajstić information content (AvgIpc) is 2.29. The van der Waals surface area contributed by atoms with Gasteiger partial charge < -0.3 is 15.1 Å². The first-order chi connectivity index (χ1) is 8.15. The van der Waals surface area contributed by atoms with Crippen LogP contribution in [0.15, 0.2) is 12.3 Å². The molecule has 0 aromatic carbocycles. The van der Waals surface area contributed by atoms with Crippen molar-refractivity contribution in [3.63, 3.8) is 0 Å². The molecule has 94 valence electrons. The number of piperazine rings is 1. The van der Waals surface area contributed by atoms with Crippen molar-refractivity contribution < 1.29 is 0 Å². The Kier molecular flexibility index (Phi) is 3.78. The number of likely N-dealkylation sites (N-methyl/N-ethyl adjacent to an activating group) is 1. The van der Waals surface area contributed by atoms with Crippen LogP contribution in [-0.2, 0) is 0 Å². The summed E-state index contributed by atoms with van der Waals surface area (Å²) < 4.78 is 0. The normalized spacial score (nSPS) is 17.5. The quantitative estimate of drug-likeness (QED) is 0.848. The van der Waals surface area contributed by atoms with E-state index in [0.29, 0.717) is 6.04 Å². The molecule has 1 aliphatic heterocycles. The van der Waals surface area contributed by atoms with Gasteiger partial charge in [-0.25, -0.2) is 4.98 Å². The van der Waals surface area contributed by atoms with Crippen LogP contribution in [0.25, 0.3) is 0 Å². The third kappa shape index (κ3) is 3.30. The highest BCUT2D eigenvalue weighted by atomic mass is 15.3. The minimum atomic E-state index is 0.359. The Morgan fingerprint density at radius 3 is 2.59 bits per heavy atom. The highest BCUT2D eigenvalue weighted by molar-refractivity contribution is 5.43. The molecule has 2 rings (SSSR count). The Hall–Kier alpha value is -1.36. The van der Waals surface area contributed by atoms with Crippen molar-refractivity contribution in [2.45, 2.75) is 19.9 Å². The molecule has 0 spiro atoms. The molecule has 0 atom stereocenters. The fourth-order valence-electron chi connectivity index (χ4n) is 1.89. The molecule has 0 saturated carbocycles. The summed E-state index contributed by atoms with van der Waals surface area (Å²) >= 11 is 0. The van der Waals surface area contributed by atoms with Gasteiger partial charge in [0.1, 0.15) is 5.82 Å². The Morgan fingerprint density at radius 1 is 1.24 bits per heavy atom. The first kappa shape index (κ1) is 12.1. The van der Waals surface area contributed by atoms with Crippen LogP contribution >= 0.6 is 0 Å². The summed E-state index contributed by atoms with van der Waals surface area (Å²) in [6, 6.07) is 2.34. The van der Waals surface area contributed by atoms with E-state index in [0.717, 1.165) is 37.9 Å². The van der Waals surface area contributed by atoms with Crippen LogP contribution in [0, 0.1) is 0 Å². The standard InChI is InChI=1S/C12H21N5/c1-10(2)14-12-13-5-4-11(15-12)17-8-6-16(3)7-9-17/h4-5,10H,6-9H2,1-3H3,(H,13,14,15). The average molecular weight is 235 g/mol. The maximum Gasteiger partial charge on any atom is 0.224 e. The molecule has 0 bridgehead atoms. The molecule has 1 fully saturated rings. The second kappa shape index (κ2) is 5.31. The van der Waals surface area contributed by atoms with Gasteiger partial charge in [0, 0.05) is 38.4 Å². The molecule has 0 unspecified atom stereocenters. The van der Waals surface area contributed by atoms with Gasteiger partial charge in [0.05, 0.1) is 0 Å². The topological polar surface area (TPSA) is 44.3 Å². The molecule has 1 saturated heterocycles. The molecule has 17 heavy (non-hydrogen) atoms. The number of hydrogen-bond acceptors (Lipinski definition) is 5. The largest absolute Gasteiger partial charge is 0.354 e. The Morgan fingerprint density at radius 2 is 1.94 bits per heavy atom. The minimum Gasteiger partial charge on any atom is -0.354 e. The van der Waals surface area contributed by atoms with Crippen molar-refractivity contribution in [2.75, 3.05) is 43.4 Å². The SMILES string of the molecule is CC(C)Nc1nccc(N2CCN(C)CC2)n1. The van der Waals surface area contributed by atoms with Gasteiger partial charge >= 0.3 is 0 Å². The summed E-state index contributed by atoms with van der Waals surface area (Å²) in [4.78, 5) is 13.4. The Labute approximate surface area is 103 Å². The number of hydrogen-bond donors (Lipinski definition) is 1. The van der Waals surface area contributed by atoms with Crippen LogP contribution in [0.2, 0.25) is 0 Å². The number of aromatic nitrogens is 2. The summed E-state index contributed by atoms with van der Waals surface area (Å²) in [6.45, 7) is 8.44. The number of anilines is 2. The van der Waals surface area contributed by atoms with E-state index in [-0.39, 0.29) is 0 Å². The predicted molar refractivity (Wildman–Crippen MR) is 70.5 cm³/mol. The molecule has 5 nitrogen and oxygen atoms in total. The van der Waals surface area contributed by atoms with E-state index in [1.165, 1.54) is 0 Å². The highest BCUT2D eigenvalue weighted by Crippen LogP contribution is 2.14. The van der Waals surface area contributed by atoms with E-state index in [2.05, 4.69) is 46.0 Å². The molecule has 1 N–H and O–H groups in total. The lowest BCUT2D eigenvalue weighted by Gasteiger charge is -2.33. The van der Waals surface area contributed by atoms with Crippen LogP contribution in [0.4, 0.5) is 11.8 Å². The van der Waals surface area contributed by atoms with Gasteiger partial charge in [-0.15, -0.1) is 0 Å². The summed E-state index contributed by atoms with van der Waals surface area (Å²) in [5.74, 6) is 1.74. The first-order valence-corrected chi connectivity index (χ1v) is 6.18. The van der Waals surface area contributed by atoms with Gasteiger partial charge in [-0.1, -0.05) is 0 Å². The molecule has 2 heterocycles. The number of nitrogens with one attached hydrogen (secondary N) is 1. The van der Waals surface area contributed by atoms with Crippen molar-refractivity contribution >= 4 is 11.8 Å². The molecular formula is C12H21N5. The predicted octanol–water partition coefficient (Wildman–Crippen LogP) is 1.05. The van der Waals surface area contributed by atoms with Gasteiger partial charge in [-0.2, -0.15) is 4.98 Å². The summed E-state index contributed by atoms with van der Waals surface area (Å²) in [6.07, 6.45) is 1.82. The second-order valence-electron chi connectivity index (χ2n) is 4.83. The van der Waals surface area contributed by atoms with Crippen molar-refractivity contribution in [3.05, 3.63) is 12.3 Å². The molecule has 5 heteroatoms. The molecule has 1 aromatic rings. The molecule has 0 aliphatic carbocycles. The van der Waals surface area contributed by atoms with Crippen LogP contribution in [-0.4, -0.2) is 54.1 Å². The van der Waals surface area contributed by atoms with E-state index in [1.807, 2.05) is 12.3 Å². The van der Waals surface area contributed by atoms with Crippen LogP contribution in [0.5, 0.6) is 0 Å². The second-order valence-corrected chi connectivity index (χ2v) is 4.83. The lowest BCUT2D eigenvalue weighted by atomic mass is 10.3. The first-order valence-electron chi connectivity index (χ1n) is 6.18. The Balaban J connectivity index is 2.05. The third-order valence-corrected chi connectivity index (χ3v) is 2.89. The van der Waals surface area contributed by atoms with Crippen molar-refractivity contribution in [2.24, 2.45) is 0 Å². The van der Waals surface area contributed by atoms with Gasteiger partial charge in [-0.05, 0) is 27.0 Å². The van der Waals surface area contributed by atoms with Crippen molar-refractivity contribution in [3.8, 4) is 0 Å². The molecular weight excluding hydrogens is 214 g/mol. The zero-order valence-electron chi connectivity index (χ0n) is 10.8. The lowest BCUT2D eigenvalue weighted by Crippen LogP contribution is -2.44. The van der Waals surface area contributed by atoms with Crippen LogP contribution in [0.1, 0.15) is 13.8 Å². The number of nitrogens with zero attached hydrogens (tertiary/aromatic N) is 4. The van der Waals surface area contributed by atoms with E-state index >= 15 is 0 Å². The minimum absolute atomic E-state index is 0.359.